The summed E-state index contributed by atoms with van der Waals surface area (Å²) in [6, 6.07) is 24.3. The molecule has 2 N–H and O–H groups in total. The molecule has 0 radical (unpaired) electrons. The molecule has 1 aliphatic heterocycles. The minimum absolute atomic E-state index is 0.227. The summed E-state index contributed by atoms with van der Waals surface area (Å²) in [5.41, 5.74) is 5.52. The number of ether oxygens (including phenoxy) is 2. The zero-order chi connectivity index (χ0) is 22.8. The molecule has 33 heavy (non-hydrogen) atoms. The molecule has 6 heteroatoms. The molecule has 0 saturated heterocycles. The maximum absolute atomic E-state index is 12.5. The van der Waals surface area contributed by atoms with Crippen molar-refractivity contribution in [2.75, 3.05) is 7.11 Å². The maximum Gasteiger partial charge on any atom is 0.338 e. The van der Waals surface area contributed by atoms with Crippen LogP contribution < -0.4 is 5.32 Å². The zero-order valence-corrected chi connectivity index (χ0v) is 18.2. The molecule has 2 heterocycles. The Hall–Kier alpha value is -3.90. The smallest absolute Gasteiger partial charge is 0.338 e. The first kappa shape index (κ1) is 21.0. The van der Waals surface area contributed by atoms with Gasteiger partial charge < -0.3 is 14.5 Å². The number of esters is 2. The van der Waals surface area contributed by atoms with Crippen molar-refractivity contribution in [1.82, 2.24) is 10.3 Å². The average molecular weight is 440 g/mol. The van der Waals surface area contributed by atoms with Crippen molar-refractivity contribution in [3.63, 3.8) is 0 Å². The number of hydrogen-bond acceptors (Lipinski definition) is 5. The summed E-state index contributed by atoms with van der Waals surface area (Å²) < 4.78 is 10.5. The van der Waals surface area contributed by atoms with Gasteiger partial charge in [0.1, 0.15) is 12.6 Å². The third-order valence-electron chi connectivity index (χ3n) is 6.09. The minimum atomic E-state index is -0.456. The molecule has 0 bridgehead atoms. The molecular formula is C27H24N2O4. The fourth-order valence-electron chi connectivity index (χ4n) is 4.41. The summed E-state index contributed by atoms with van der Waals surface area (Å²) in [6.07, 6.45) is 0.548. The Labute approximate surface area is 191 Å². The number of carbonyl (C=O) groups excluding carboxylic acids is 2. The minimum Gasteiger partial charge on any atom is -0.468 e. The van der Waals surface area contributed by atoms with E-state index in [1.54, 1.807) is 12.1 Å². The Morgan fingerprint density at radius 1 is 0.939 bits per heavy atom. The molecule has 0 spiro atoms. The van der Waals surface area contributed by atoms with E-state index in [0.717, 1.165) is 33.3 Å². The molecule has 0 unspecified atom stereocenters. The van der Waals surface area contributed by atoms with Crippen LogP contribution in [0.15, 0.2) is 78.9 Å². The molecule has 3 aromatic carbocycles. The molecule has 0 amide bonds. The first-order valence-corrected chi connectivity index (χ1v) is 10.9. The molecule has 5 rings (SSSR count). The summed E-state index contributed by atoms with van der Waals surface area (Å²) in [6.45, 7) is 0.227. The van der Waals surface area contributed by atoms with Crippen molar-refractivity contribution in [2.24, 2.45) is 0 Å². The van der Waals surface area contributed by atoms with Gasteiger partial charge in [0, 0.05) is 23.0 Å². The van der Waals surface area contributed by atoms with E-state index in [-0.39, 0.29) is 24.6 Å². The van der Waals surface area contributed by atoms with Gasteiger partial charge >= 0.3 is 11.9 Å². The van der Waals surface area contributed by atoms with Crippen LogP contribution in [0.5, 0.6) is 0 Å². The summed E-state index contributed by atoms with van der Waals surface area (Å²) in [5, 5.41) is 4.52. The molecular weight excluding hydrogens is 416 g/mol. The second-order valence-corrected chi connectivity index (χ2v) is 8.13. The van der Waals surface area contributed by atoms with E-state index in [0.29, 0.717) is 12.0 Å². The van der Waals surface area contributed by atoms with Crippen LogP contribution in [0.4, 0.5) is 0 Å². The van der Waals surface area contributed by atoms with Crippen molar-refractivity contribution in [1.29, 1.82) is 0 Å². The number of rotatable bonds is 5. The van der Waals surface area contributed by atoms with Gasteiger partial charge in [-0.3, -0.25) is 10.1 Å². The van der Waals surface area contributed by atoms with E-state index in [2.05, 4.69) is 16.4 Å². The van der Waals surface area contributed by atoms with Gasteiger partial charge in [-0.25, -0.2) is 4.79 Å². The molecule has 0 aliphatic carbocycles. The van der Waals surface area contributed by atoms with E-state index >= 15 is 0 Å². The van der Waals surface area contributed by atoms with Gasteiger partial charge in [0.15, 0.2) is 0 Å². The molecule has 1 aliphatic rings. The van der Waals surface area contributed by atoms with Crippen molar-refractivity contribution >= 4 is 22.8 Å². The van der Waals surface area contributed by atoms with Crippen LogP contribution in [-0.2, 0) is 27.3 Å². The topological polar surface area (TPSA) is 80.4 Å². The highest BCUT2D eigenvalue weighted by Gasteiger charge is 2.34. The van der Waals surface area contributed by atoms with Crippen LogP contribution in [0, 0.1) is 0 Å². The number of hydrogen-bond donors (Lipinski definition) is 2. The number of carbonyl (C=O) groups is 2. The third kappa shape index (κ3) is 4.13. The number of methoxy groups -OCH3 is 1. The van der Waals surface area contributed by atoms with E-state index in [9.17, 15) is 9.59 Å². The Morgan fingerprint density at radius 2 is 1.67 bits per heavy atom. The van der Waals surface area contributed by atoms with Crippen molar-refractivity contribution in [2.45, 2.75) is 25.1 Å². The second kappa shape index (κ2) is 8.92. The van der Waals surface area contributed by atoms with Crippen LogP contribution in [0.2, 0.25) is 0 Å². The van der Waals surface area contributed by atoms with E-state index in [1.807, 2.05) is 60.7 Å². The summed E-state index contributed by atoms with van der Waals surface area (Å²) in [7, 11) is 1.40. The Bertz CT molecular complexity index is 1290. The van der Waals surface area contributed by atoms with Gasteiger partial charge in [-0.05, 0) is 34.9 Å². The normalized spacial score (nSPS) is 17.4. The fourth-order valence-corrected chi connectivity index (χ4v) is 4.41. The van der Waals surface area contributed by atoms with Crippen LogP contribution in [0.1, 0.15) is 38.8 Å². The number of para-hydroxylation sites is 1. The van der Waals surface area contributed by atoms with E-state index in [4.69, 9.17) is 9.47 Å². The highest BCUT2D eigenvalue weighted by molar-refractivity contribution is 5.90. The van der Waals surface area contributed by atoms with E-state index < -0.39 is 6.04 Å². The molecule has 0 fully saturated rings. The van der Waals surface area contributed by atoms with Gasteiger partial charge in [0.05, 0.1) is 18.7 Å². The number of aromatic amines is 1. The molecule has 0 saturated carbocycles. The molecule has 2 atom stereocenters. The molecule has 4 aromatic rings. The quantitative estimate of drug-likeness (QED) is 0.452. The van der Waals surface area contributed by atoms with Crippen molar-refractivity contribution in [3.05, 3.63) is 107 Å². The lowest BCUT2D eigenvalue weighted by molar-refractivity contribution is -0.143. The van der Waals surface area contributed by atoms with Crippen LogP contribution in [0.3, 0.4) is 0 Å². The fraction of sp³-hybridized carbons (Fsp3) is 0.185. The predicted molar refractivity (Wildman–Crippen MR) is 125 cm³/mol. The zero-order valence-electron chi connectivity index (χ0n) is 18.2. The number of H-pyrrole nitrogens is 1. The highest BCUT2D eigenvalue weighted by atomic mass is 16.5. The van der Waals surface area contributed by atoms with Crippen molar-refractivity contribution < 1.29 is 19.1 Å². The first-order valence-electron chi connectivity index (χ1n) is 10.9. The molecule has 6 nitrogen and oxygen atoms in total. The third-order valence-corrected chi connectivity index (χ3v) is 6.09. The van der Waals surface area contributed by atoms with Gasteiger partial charge in [-0.1, -0.05) is 60.7 Å². The lowest BCUT2D eigenvalue weighted by Gasteiger charge is -2.30. The first-order chi connectivity index (χ1) is 16.1. The average Bonchev–Trinajstić information content (AvgIpc) is 3.25. The largest absolute Gasteiger partial charge is 0.468 e. The lowest BCUT2D eigenvalue weighted by atomic mass is 9.90. The van der Waals surface area contributed by atoms with Crippen LogP contribution in [-0.4, -0.2) is 30.1 Å². The number of benzene rings is 3. The maximum atomic E-state index is 12.5. The van der Waals surface area contributed by atoms with Crippen LogP contribution in [0.25, 0.3) is 10.9 Å². The standard InChI is InChI=1S/C27H24N2O4/c1-32-27(31)23-15-21-20-9-5-6-10-22(20)28-25(21)24(29-23)18-11-13-19(14-12-18)26(30)33-16-17-7-3-2-4-8-17/h2-14,23-24,28-29H,15-16H2,1H3/t23-,24+/m1/s1. The second-order valence-electron chi connectivity index (χ2n) is 8.13. The number of fused-ring (bicyclic) bond motifs is 3. The van der Waals surface area contributed by atoms with Gasteiger partial charge in [0.2, 0.25) is 0 Å². The predicted octanol–water partition coefficient (Wildman–Crippen LogP) is 4.30. The Morgan fingerprint density at radius 3 is 2.42 bits per heavy atom. The summed E-state index contributed by atoms with van der Waals surface area (Å²) >= 11 is 0. The Balaban J connectivity index is 1.41. The van der Waals surface area contributed by atoms with Gasteiger partial charge in [-0.15, -0.1) is 0 Å². The van der Waals surface area contributed by atoms with Crippen LogP contribution >= 0.6 is 0 Å². The van der Waals surface area contributed by atoms with Gasteiger partial charge in [-0.2, -0.15) is 0 Å². The summed E-state index contributed by atoms with van der Waals surface area (Å²) in [4.78, 5) is 28.4. The van der Waals surface area contributed by atoms with Gasteiger partial charge in [0.25, 0.3) is 0 Å². The van der Waals surface area contributed by atoms with Crippen molar-refractivity contribution in [3.8, 4) is 0 Å². The number of aromatic nitrogens is 1. The monoisotopic (exact) mass is 440 g/mol. The van der Waals surface area contributed by atoms with E-state index in [1.165, 1.54) is 7.11 Å². The highest BCUT2D eigenvalue weighted by Crippen LogP contribution is 2.35. The number of nitrogens with one attached hydrogen (secondary N) is 2. The summed E-state index contributed by atoms with van der Waals surface area (Å²) in [5.74, 6) is -0.669. The molecule has 1 aromatic heterocycles. The molecule has 166 valence electrons. The Kier molecular flexibility index (Phi) is 5.67. The lowest BCUT2D eigenvalue weighted by Crippen LogP contribution is -2.45. The SMILES string of the molecule is COC(=O)[C@H]1Cc2c([nH]c3ccccc23)[C@H](c2ccc(C(=O)OCc3ccccc3)cc2)N1.